The monoisotopic (exact) mass is 517 g/mol. The van der Waals surface area contributed by atoms with Gasteiger partial charge in [-0.1, -0.05) is 17.4 Å². The number of aryl methyl sites for hydroxylation is 1. The number of benzene rings is 2. The summed E-state index contributed by atoms with van der Waals surface area (Å²) in [6.45, 7) is 6.09. The lowest BCUT2D eigenvalue weighted by atomic mass is 10.2. The molecule has 11 heteroatoms. The average molecular weight is 518 g/mol. The van der Waals surface area contributed by atoms with Crippen LogP contribution in [0.1, 0.15) is 29.8 Å². The van der Waals surface area contributed by atoms with Gasteiger partial charge in [0.25, 0.3) is 5.91 Å². The number of sulfonamides is 1. The van der Waals surface area contributed by atoms with E-state index in [2.05, 4.69) is 4.99 Å². The van der Waals surface area contributed by atoms with E-state index in [0.717, 1.165) is 15.8 Å². The molecule has 1 aliphatic heterocycles. The summed E-state index contributed by atoms with van der Waals surface area (Å²) in [5.41, 5.74) is 2.06. The Kier molecular flexibility index (Phi) is 7.22. The van der Waals surface area contributed by atoms with Crippen molar-refractivity contribution in [1.82, 2.24) is 8.87 Å². The molecule has 2 unspecified atom stereocenters. The van der Waals surface area contributed by atoms with Crippen molar-refractivity contribution >= 4 is 43.5 Å². The number of hydrogen-bond acceptors (Lipinski definition) is 7. The van der Waals surface area contributed by atoms with Crippen molar-refractivity contribution in [3.63, 3.8) is 0 Å². The van der Waals surface area contributed by atoms with Crippen molar-refractivity contribution in [1.29, 1.82) is 0 Å². The van der Waals surface area contributed by atoms with E-state index in [1.807, 2.05) is 39.0 Å². The maximum atomic E-state index is 13.1. The van der Waals surface area contributed by atoms with Crippen LogP contribution in [0.15, 0.2) is 52.4 Å². The first-order valence-electron chi connectivity index (χ1n) is 11.1. The molecule has 0 aliphatic carbocycles. The van der Waals surface area contributed by atoms with E-state index < -0.39 is 21.9 Å². The van der Waals surface area contributed by atoms with Gasteiger partial charge in [0.2, 0.25) is 10.0 Å². The van der Waals surface area contributed by atoms with E-state index in [4.69, 9.17) is 9.47 Å². The fourth-order valence-corrected chi connectivity index (χ4v) is 6.73. The zero-order chi connectivity index (χ0) is 25.3. The number of esters is 1. The number of amides is 1. The molecule has 0 bridgehead atoms. The molecule has 0 radical (unpaired) electrons. The molecule has 2 aromatic carbocycles. The van der Waals surface area contributed by atoms with Crippen molar-refractivity contribution in [2.75, 3.05) is 20.2 Å². The standard InChI is InChI=1S/C24H27N3O6S2/c1-15-5-10-20-21(11-15)34-24(27(20)14-22(28)32-4)25-23(29)18-6-8-19(9-7-18)35(30,31)26-12-16(2)33-17(3)13-26/h5-11,16-17H,12-14H2,1-4H3. The third-order valence-corrected chi connectivity index (χ3v) is 8.56. The van der Waals surface area contributed by atoms with E-state index in [9.17, 15) is 18.0 Å². The van der Waals surface area contributed by atoms with Crippen LogP contribution in [0.4, 0.5) is 0 Å². The van der Waals surface area contributed by atoms with Crippen LogP contribution in [-0.2, 0) is 30.8 Å². The molecular formula is C24H27N3O6S2. The molecule has 186 valence electrons. The zero-order valence-electron chi connectivity index (χ0n) is 19.9. The number of thiazole rings is 1. The van der Waals surface area contributed by atoms with Crippen LogP contribution >= 0.6 is 11.3 Å². The normalized spacial score (nSPS) is 19.7. The Morgan fingerprint density at radius 2 is 1.77 bits per heavy atom. The summed E-state index contributed by atoms with van der Waals surface area (Å²) in [4.78, 5) is 29.6. The van der Waals surface area contributed by atoms with Crippen molar-refractivity contribution in [2.45, 2.75) is 44.4 Å². The van der Waals surface area contributed by atoms with Crippen LogP contribution in [0.5, 0.6) is 0 Å². The topological polar surface area (TPSA) is 107 Å². The van der Waals surface area contributed by atoms with Crippen molar-refractivity contribution in [3.05, 3.63) is 58.4 Å². The fraction of sp³-hybridized carbons (Fsp3) is 0.375. The van der Waals surface area contributed by atoms with E-state index in [1.165, 1.54) is 47.0 Å². The van der Waals surface area contributed by atoms with Gasteiger partial charge in [0.15, 0.2) is 4.80 Å². The first-order valence-corrected chi connectivity index (χ1v) is 13.4. The second kappa shape index (κ2) is 10.0. The Balaban J connectivity index is 1.65. The highest BCUT2D eigenvalue weighted by Gasteiger charge is 2.32. The highest BCUT2D eigenvalue weighted by molar-refractivity contribution is 7.89. The first kappa shape index (κ1) is 25.2. The molecule has 2 atom stereocenters. The number of aromatic nitrogens is 1. The maximum absolute atomic E-state index is 13.1. The summed E-state index contributed by atoms with van der Waals surface area (Å²) in [6, 6.07) is 11.5. The number of methoxy groups -OCH3 is 1. The van der Waals surface area contributed by atoms with Gasteiger partial charge < -0.3 is 14.0 Å². The minimum Gasteiger partial charge on any atom is -0.468 e. The van der Waals surface area contributed by atoms with E-state index in [-0.39, 0.29) is 42.3 Å². The highest BCUT2D eigenvalue weighted by Crippen LogP contribution is 2.22. The predicted molar refractivity (Wildman–Crippen MR) is 132 cm³/mol. The molecule has 0 spiro atoms. The molecule has 3 aromatic rings. The Labute approximate surface area is 207 Å². The van der Waals surface area contributed by atoms with Gasteiger partial charge in [0.05, 0.1) is 34.4 Å². The van der Waals surface area contributed by atoms with Crippen LogP contribution in [-0.4, -0.2) is 61.6 Å². The van der Waals surface area contributed by atoms with Gasteiger partial charge in [-0.25, -0.2) is 8.42 Å². The number of nitrogens with zero attached hydrogens (tertiary/aromatic N) is 3. The molecule has 9 nitrogen and oxygen atoms in total. The average Bonchev–Trinajstić information content (AvgIpc) is 3.13. The number of carbonyl (C=O) groups is 2. The summed E-state index contributed by atoms with van der Waals surface area (Å²) in [5.74, 6) is -0.995. The number of ether oxygens (including phenoxy) is 2. The molecule has 1 amide bonds. The number of carbonyl (C=O) groups excluding carboxylic acids is 2. The van der Waals surface area contributed by atoms with Crippen molar-refractivity contribution < 1.29 is 27.5 Å². The third-order valence-electron chi connectivity index (χ3n) is 5.68. The number of morpholine rings is 1. The Morgan fingerprint density at radius 3 is 2.40 bits per heavy atom. The lowest BCUT2D eigenvalue weighted by Crippen LogP contribution is -2.48. The fourth-order valence-electron chi connectivity index (χ4n) is 4.01. The van der Waals surface area contributed by atoms with Crippen molar-refractivity contribution in [3.8, 4) is 0 Å². The largest absolute Gasteiger partial charge is 0.468 e. The zero-order valence-corrected chi connectivity index (χ0v) is 21.6. The Hall–Kier alpha value is -2.86. The molecule has 1 aromatic heterocycles. The highest BCUT2D eigenvalue weighted by atomic mass is 32.2. The van der Waals surface area contributed by atoms with Crippen LogP contribution in [0.3, 0.4) is 0 Å². The maximum Gasteiger partial charge on any atom is 0.325 e. The van der Waals surface area contributed by atoms with Crippen LogP contribution in [0.2, 0.25) is 0 Å². The number of fused-ring (bicyclic) bond motifs is 1. The van der Waals surface area contributed by atoms with E-state index >= 15 is 0 Å². The van der Waals surface area contributed by atoms with Gasteiger partial charge >= 0.3 is 5.97 Å². The van der Waals surface area contributed by atoms with Crippen LogP contribution < -0.4 is 4.80 Å². The van der Waals surface area contributed by atoms with Gasteiger partial charge in [-0.15, -0.1) is 0 Å². The second-order valence-corrected chi connectivity index (χ2v) is 11.5. The summed E-state index contributed by atoms with van der Waals surface area (Å²) >= 11 is 1.29. The lowest BCUT2D eigenvalue weighted by molar-refractivity contribution is -0.141. The molecule has 1 aliphatic rings. The second-order valence-electron chi connectivity index (χ2n) is 8.54. The molecule has 4 rings (SSSR count). The third kappa shape index (κ3) is 5.37. The summed E-state index contributed by atoms with van der Waals surface area (Å²) in [6.07, 6.45) is -0.398. The van der Waals surface area contributed by atoms with Crippen molar-refractivity contribution in [2.24, 2.45) is 4.99 Å². The minimum absolute atomic E-state index is 0.0841. The van der Waals surface area contributed by atoms with Crippen LogP contribution in [0.25, 0.3) is 10.2 Å². The summed E-state index contributed by atoms with van der Waals surface area (Å²) in [5, 5.41) is 0. The summed E-state index contributed by atoms with van der Waals surface area (Å²) in [7, 11) is -2.41. The van der Waals surface area contributed by atoms with Gasteiger partial charge in [0.1, 0.15) is 6.54 Å². The molecule has 0 N–H and O–H groups in total. The quantitative estimate of drug-likeness (QED) is 0.482. The molecule has 0 saturated carbocycles. The number of hydrogen-bond donors (Lipinski definition) is 0. The van der Waals surface area contributed by atoms with Gasteiger partial charge in [-0.2, -0.15) is 9.30 Å². The van der Waals surface area contributed by atoms with Gasteiger partial charge in [0, 0.05) is 18.7 Å². The molecule has 1 fully saturated rings. The SMILES string of the molecule is COC(=O)Cn1c(=NC(=O)c2ccc(S(=O)(=O)N3CC(C)OC(C)C3)cc2)sc2cc(C)ccc21. The molecule has 2 heterocycles. The molecule has 1 saturated heterocycles. The number of rotatable bonds is 5. The first-order chi connectivity index (χ1) is 16.6. The Morgan fingerprint density at radius 1 is 1.11 bits per heavy atom. The molecule has 35 heavy (non-hydrogen) atoms. The Bertz CT molecular complexity index is 1430. The summed E-state index contributed by atoms with van der Waals surface area (Å²) < 4.78 is 40.5. The smallest absolute Gasteiger partial charge is 0.325 e. The van der Waals surface area contributed by atoms with Crippen LogP contribution in [0, 0.1) is 6.92 Å². The lowest BCUT2D eigenvalue weighted by Gasteiger charge is -2.34. The van der Waals surface area contributed by atoms with E-state index in [1.54, 1.807) is 4.57 Å². The van der Waals surface area contributed by atoms with Gasteiger partial charge in [-0.3, -0.25) is 9.59 Å². The molecular weight excluding hydrogens is 490 g/mol. The van der Waals surface area contributed by atoms with E-state index in [0.29, 0.717) is 4.80 Å². The predicted octanol–water partition coefficient (Wildman–Crippen LogP) is 2.72. The van der Waals surface area contributed by atoms with Gasteiger partial charge in [-0.05, 0) is 62.7 Å². The minimum atomic E-state index is -3.72.